The quantitative estimate of drug-likeness (QED) is 0.298. The molecule has 1 fully saturated rings. The average molecular weight is 385 g/mol. The van der Waals surface area contributed by atoms with Crippen molar-refractivity contribution in [3.8, 4) is 11.1 Å². The highest BCUT2D eigenvalue weighted by Crippen LogP contribution is 2.35. The number of anilines is 1. The van der Waals surface area contributed by atoms with Gasteiger partial charge in [0.1, 0.15) is 6.17 Å². The van der Waals surface area contributed by atoms with Gasteiger partial charge in [-0.3, -0.25) is 10.6 Å². The lowest BCUT2D eigenvalue weighted by Gasteiger charge is -2.32. The van der Waals surface area contributed by atoms with Crippen molar-refractivity contribution in [3.05, 3.63) is 41.7 Å². The number of benzene rings is 1. The maximum atomic E-state index is 12.2. The summed E-state index contributed by atoms with van der Waals surface area (Å²) in [7, 11) is 1.90. The molecule has 152 valence electrons. The summed E-state index contributed by atoms with van der Waals surface area (Å²) in [5.74, 6) is 6.29. The first kappa shape index (κ1) is 20.4. The zero-order valence-electron chi connectivity index (χ0n) is 17.0. The van der Waals surface area contributed by atoms with Crippen molar-refractivity contribution in [2.75, 3.05) is 25.5 Å². The molecule has 7 nitrogen and oxygen atoms in total. The molecule has 0 saturated carbocycles. The number of piperidine rings is 1. The van der Waals surface area contributed by atoms with Crippen LogP contribution in [-0.2, 0) is 4.79 Å². The van der Waals surface area contributed by atoms with Gasteiger partial charge in [0.25, 0.3) is 0 Å². The first-order chi connectivity index (χ1) is 13.4. The molecule has 0 bridgehead atoms. The maximum absolute atomic E-state index is 12.2. The molecule has 2 heterocycles. The maximum Gasteiger partial charge on any atom is 0.225 e. The Bertz CT molecular complexity index is 790. The van der Waals surface area contributed by atoms with Gasteiger partial charge in [-0.15, -0.1) is 0 Å². The number of hydrogen-bond acceptors (Lipinski definition) is 5. The number of aromatic amines is 1. The van der Waals surface area contributed by atoms with Gasteiger partial charge in [0.05, 0.1) is 5.69 Å². The van der Waals surface area contributed by atoms with Crippen LogP contribution in [0.15, 0.2) is 30.3 Å². The highest BCUT2D eigenvalue weighted by atomic mass is 16.2. The van der Waals surface area contributed by atoms with E-state index < -0.39 is 6.17 Å². The predicted octanol–water partition coefficient (Wildman–Crippen LogP) is 2.51. The van der Waals surface area contributed by atoms with Crippen LogP contribution in [0.25, 0.3) is 11.1 Å². The molecule has 1 atom stereocenters. The zero-order chi connectivity index (χ0) is 20.3. The van der Waals surface area contributed by atoms with Gasteiger partial charge in [-0.05, 0) is 36.6 Å². The smallest absolute Gasteiger partial charge is 0.225 e. The Morgan fingerprint density at radius 1 is 1.21 bits per heavy atom. The van der Waals surface area contributed by atoms with Crippen molar-refractivity contribution in [2.45, 2.75) is 38.8 Å². The molecule has 7 N–H and O–H groups in total. The van der Waals surface area contributed by atoms with Gasteiger partial charge in [-0.1, -0.05) is 26.0 Å². The van der Waals surface area contributed by atoms with Gasteiger partial charge in [-0.2, -0.15) is 0 Å². The topological polar surface area (TPSA) is 112 Å². The molecule has 1 saturated heterocycles. The number of likely N-dealkylation sites (tertiary alicyclic amines) is 1. The Kier molecular flexibility index (Phi) is 6.39. The number of carbonyl (C=O) groups excluding carboxylic acids is 1. The highest BCUT2D eigenvalue weighted by molar-refractivity contribution is 5.78. The van der Waals surface area contributed by atoms with Crippen LogP contribution < -0.4 is 22.3 Å². The van der Waals surface area contributed by atoms with Gasteiger partial charge in [0.15, 0.2) is 0 Å². The van der Waals surface area contributed by atoms with E-state index in [1.165, 1.54) is 0 Å². The van der Waals surface area contributed by atoms with Crippen molar-refractivity contribution < 1.29 is 4.79 Å². The highest BCUT2D eigenvalue weighted by Gasteiger charge is 2.27. The van der Waals surface area contributed by atoms with Crippen molar-refractivity contribution in [1.82, 2.24) is 15.3 Å². The van der Waals surface area contributed by atoms with Gasteiger partial charge >= 0.3 is 0 Å². The third kappa shape index (κ3) is 4.22. The molecule has 1 aliphatic rings. The number of rotatable bonds is 6. The van der Waals surface area contributed by atoms with Gasteiger partial charge in [0.2, 0.25) is 5.91 Å². The fraction of sp³-hybridized carbons (Fsp3) is 0.476. The number of nitrogens with one attached hydrogen (secondary N) is 3. The number of amides is 1. The zero-order valence-corrected chi connectivity index (χ0v) is 17.0. The Labute approximate surface area is 166 Å². The van der Waals surface area contributed by atoms with E-state index in [2.05, 4.69) is 33.9 Å². The van der Waals surface area contributed by atoms with Gasteiger partial charge < -0.3 is 20.9 Å². The molecule has 2 aromatic rings. The second-order valence-corrected chi connectivity index (χ2v) is 7.78. The molecule has 1 unspecified atom stereocenters. The third-order valence-electron chi connectivity index (χ3n) is 5.58. The number of carbonyl (C=O) groups is 1. The lowest BCUT2D eigenvalue weighted by Crippen LogP contribution is -2.40. The first-order valence-corrected chi connectivity index (χ1v) is 9.96. The number of nitrogens with two attached hydrogens (primary N) is 2. The van der Waals surface area contributed by atoms with Crippen LogP contribution in [0.1, 0.15) is 50.2 Å². The van der Waals surface area contributed by atoms with Crippen LogP contribution in [0.4, 0.5) is 5.69 Å². The summed E-state index contributed by atoms with van der Waals surface area (Å²) in [6.45, 7) is 5.50. The summed E-state index contributed by atoms with van der Waals surface area (Å²) in [5.41, 5.74) is 14.1. The molecule has 1 aliphatic heterocycles. The van der Waals surface area contributed by atoms with E-state index in [4.69, 9.17) is 11.6 Å². The minimum atomic E-state index is -0.477. The molecule has 1 aromatic carbocycles. The monoisotopic (exact) mass is 384 g/mol. The number of hydrogen-bond donors (Lipinski definition) is 5. The molecule has 1 amide bonds. The molecule has 3 rings (SSSR count). The second-order valence-electron chi connectivity index (χ2n) is 7.78. The van der Waals surface area contributed by atoms with Gasteiger partial charge in [-0.25, -0.2) is 5.43 Å². The van der Waals surface area contributed by atoms with Crippen molar-refractivity contribution in [1.29, 1.82) is 0 Å². The van der Waals surface area contributed by atoms with Crippen molar-refractivity contribution in [2.24, 2.45) is 17.5 Å². The fourth-order valence-corrected chi connectivity index (χ4v) is 3.87. The van der Waals surface area contributed by atoms with Crippen LogP contribution in [0.5, 0.6) is 0 Å². The number of H-pyrrole nitrogens is 1. The van der Waals surface area contributed by atoms with E-state index in [0.29, 0.717) is 5.92 Å². The molecular formula is C21H32N6O. The lowest BCUT2D eigenvalue weighted by atomic mass is 9.92. The number of aromatic nitrogens is 1. The van der Waals surface area contributed by atoms with Gasteiger partial charge in [0, 0.05) is 48.9 Å². The van der Waals surface area contributed by atoms with E-state index >= 15 is 0 Å². The summed E-state index contributed by atoms with van der Waals surface area (Å²) in [6.07, 6.45) is 1.42. The van der Waals surface area contributed by atoms with Crippen molar-refractivity contribution >= 4 is 11.6 Å². The molecule has 0 radical (unpaired) electrons. The lowest BCUT2D eigenvalue weighted by molar-refractivity contribution is -0.135. The Hall–Kier alpha value is -2.35. The van der Waals surface area contributed by atoms with E-state index in [0.717, 1.165) is 54.1 Å². The largest absolute Gasteiger partial charge is 0.388 e. The second kappa shape index (κ2) is 8.77. The SMILES string of the molecule is CNc1ccc(-c2cc(C3CCN(C(=O)C(C)C)CC3)[nH]c2C(N)NN)cc1. The average Bonchev–Trinajstić information content (AvgIpc) is 3.18. The normalized spacial score (nSPS) is 16.4. The summed E-state index contributed by atoms with van der Waals surface area (Å²) in [6, 6.07) is 10.4. The van der Waals surface area contributed by atoms with Crippen LogP contribution in [0.3, 0.4) is 0 Å². The Balaban J connectivity index is 1.83. The van der Waals surface area contributed by atoms with E-state index in [9.17, 15) is 4.79 Å². The minimum Gasteiger partial charge on any atom is -0.388 e. The standard InChI is InChI=1S/C21H32N6O/c1-13(2)21(28)27-10-8-15(9-11-27)18-12-17(19(25-18)20(22)26-23)14-4-6-16(24-3)7-5-14/h4-7,12-13,15,20,24-26H,8-11,22-23H2,1-3H3. The van der Waals surface area contributed by atoms with Crippen molar-refractivity contribution in [3.63, 3.8) is 0 Å². The number of hydrazine groups is 1. The molecule has 28 heavy (non-hydrogen) atoms. The van der Waals surface area contributed by atoms with E-state index in [1.54, 1.807) is 0 Å². The fourth-order valence-electron chi connectivity index (χ4n) is 3.87. The van der Waals surface area contributed by atoms with Crippen LogP contribution in [0, 0.1) is 5.92 Å². The molecule has 0 aliphatic carbocycles. The van der Waals surface area contributed by atoms with Crippen LogP contribution in [0.2, 0.25) is 0 Å². The molecule has 1 aromatic heterocycles. The summed E-state index contributed by atoms with van der Waals surface area (Å²) >= 11 is 0. The minimum absolute atomic E-state index is 0.0504. The summed E-state index contributed by atoms with van der Waals surface area (Å²) < 4.78 is 0. The third-order valence-corrected chi connectivity index (χ3v) is 5.58. The molecule has 7 heteroatoms. The number of nitrogens with zero attached hydrogens (tertiary/aromatic N) is 1. The Morgan fingerprint density at radius 3 is 2.39 bits per heavy atom. The summed E-state index contributed by atoms with van der Waals surface area (Å²) in [4.78, 5) is 17.7. The van der Waals surface area contributed by atoms with Crippen LogP contribution in [-0.4, -0.2) is 35.9 Å². The first-order valence-electron chi connectivity index (χ1n) is 9.96. The van der Waals surface area contributed by atoms with Crippen LogP contribution >= 0.6 is 0 Å². The predicted molar refractivity (Wildman–Crippen MR) is 113 cm³/mol. The summed E-state index contributed by atoms with van der Waals surface area (Å²) in [5, 5.41) is 3.14. The van der Waals surface area contributed by atoms with E-state index in [1.807, 2.05) is 37.9 Å². The van der Waals surface area contributed by atoms with E-state index in [-0.39, 0.29) is 11.8 Å². The Morgan fingerprint density at radius 2 is 1.86 bits per heavy atom. The molecular weight excluding hydrogens is 352 g/mol. The molecule has 0 spiro atoms.